The van der Waals surface area contributed by atoms with Crippen LogP contribution in [0.3, 0.4) is 0 Å². The summed E-state index contributed by atoms with van der Waals surface area (Å²) in [5, 5.41) is 0.694. The van der Waals surface area contributed by atoms with Crippen LogP contribution in [0.15, 0.2) is 42.5 Å². The molecule has 1 amide bonds. The summed E-state index contributed by atoms with van der Waals surface area (Å²) >= 11 is 1.51. The number of likely N-dealkylation sites (N-methyl/N-ethyl adjacent to an activating group) is 1. The average Bonchev–Trinajstić information content (AvgIpc) is 3.05. The highest BCUT2D eigenvalue weighted by molar-refractivity contribution is 7.22. The van der Waals surface area contributed by atoms with Gasteiger partial charge in [-0.2, -0.15) is 0 Å². The summed E-state index contributed by atoms with van der Waals surface area (Å²) in [6.07, 6.45) is 0. The van der Waals surface area contributed by atoms with Crippen LogP contribution in [-0.2, 0) is 0 Å². The molecular weight excluding hydrogens is 382 g/mol. The zero-order chi connectivity index (χ0) is 18.7. The second kappa shape index (κ2) is 9.17. The number of hydrogen-bond acceptors (Lipinski definition) is 5. The van der Waals surface area contributed by atoms with E-state index in [0.29, 0.717) is 17.2 Å². The van der Waals surface area contributed by atoms with Crippen molar-refractivity contribution < 1.29 is 9.53 Å². The topological polar surface area (TPSA) is 45.7 Å². The number of aromatic nitrogens is 1. The Kier molecular flexibility index (Phi) is 7.18. The molecule has 27 heavy (non-hydrogen) atoms. The van der Waals surface area contributed by atoms with Crippen LogP contribution in [0.25, 0.3) is 10.2 Å². The van der Waals surface area contributed by atoms with Gasteiger partial charge in [-0.05, 0) is 44.8 Å². The summed E-state index contributed by atoms with van der Waals surface area (Å²) in [5.74, 6) is 0.698. The highest BCUT2D eigenvalue weighted by Crippen LogP contribution is 2.34. The van der Waals surface area contributed by atoms with Gasteiger partial charge < -0.3 is 9.64 Å². The van der Waals surface area contributed by atoms with E-state index >= 15 is 0 Å². The molecule has 0 aliphatic rings. The minimum atomic E-state index is -0.0250. The molecule has 0 spiro atoms. The van der Waals surface area contributed by atoms with Gasteiger partial charge in [0.15, 0.2) is 5.13 Å². The maximum atomic E-state index is 13.3. The maximum Gasteiger partial charge on any atom is 0.260 e. The van der Waals surface area contributed by atoms with Gasteiger partial charge in [0.25, 0.3) is 5.91 Å². The van der Waals surface area contributed by atoms with Crippen LogP contribution in [0.1, 0.15) is 15.9 Å². The number of methoxy groups -OCH3 is 1. The number of aryl methyl sites for hydroxylation is 1. The SMILES string of the molecule is COc1cccc2sc(N(CCN(C)C)C(=O)c3ccccc3C)nc12.Cl. The number of thiazole rings is 1. The number of benzene rings is 2. The summed E-state index contributed by atoms with van der Waals surface area (Å²) in [5.41, 5.74) is 2.46. The van der Waals surface area contributed by atoms with E-state index in [4.69, 9.17) is 9.72 Å². The molecule has 2 aromatic carbocycles. The lowest BCUT2D eigenvalue weighted by Gasteiger charge is -2.22. The first-order valence-corrected chi connectivity index (χ1v) is 9.28. The maximum absolute atomic E-state index is 13.3. The van der Waals surface area contributed by atoms with Gasteiger partial charge in [0.05, 0.1) is 11.8 Å². The number of carbonyl (C=O) groups is 1. The zero-order valence-corrected chi connectivity index (χ0v) is 17.6. The number of carbonyl (C=O) groups excluding carboxylic acids is 1. The van der Waals surface area contributed by atoms with E-state index in [1.165, 1.54) is 11.3 Å². The molecule has 0 atom stereocenters. The zero-order valence-electron chi connectivity index (χ0n) is 15.9. The highest BCUT2D eigenvalue weighted by atomic mass is 35.5. The molecule has 3 aromatic rings. The minimum absolute atomic E-state index is 0. The second-order valence-corrected chi connectivity index (χ2v) is 7.39. The number of rotatable bonds is 6. The Balaban J connectivity index is 0.00000261. The van der Waals surface area contributed by atoms with Crippen LogP contribution in [0.4, 0.5) is 5.13 Å². The van der Waals surface area contributed by atoms with Gasteiger partial charge in [0.2, 0.25) is 0 Å². The Morgan fingerprint density at radius 3 is 2.52 bits per heavy atom. The summed E-state index contributed by atoms with van der Waals surface area (Å²) in [4.78, 5) is 21.8. The van der Waals surface area contributed by atoms with Crippen LogP contribution in [0.5, 0.6) is 5.75 Å². The predicted molar refractivity (Wildman–Crippen MR) is 115 cm³/mol. The molecule has 3 rings (SSSR count). The third-order valence-electron chi connectivity index (χ3n) is 4.21. The highest BCUT2D eigenvalue weighted by Gasteiger charge is 2.23. The van der Waals surface area contributed by atoms with Crippen molar-refractivity contribution in [1.29, 1.82) is 0 Å². The van der Waals surface area contributed by atoms with Crippen molar-refractivity contribution in [3.8, 4) is 5.75 Å². The molecule has 0 aliphatic carbocycles. The van der Waals surface area contributed by atoms with E-state index in [9.17, 15) is 4.79 Å². The van der Waals surface area contributed by atoms with E-state index in [1.807, 2.05) is 63.5 Å². The van der Waals surface area contributed by atoms with Gasteiger partial charge in [-0.3, -0.25) is 9.69 Å². The van der Waals surface area contributed by atoms with Crippen molar-refractivity contribution in [2.45, 2.75) is 6.92 Å². The molecule has 0 aliphatic heterocycles. The molecule has 1 aromatic heterocycles. The number of halogens is 1. The Labute approximate surface area is 170 Å². The predicted octanol–water partition coefficient (Wildman–Crippen LogP) is 4.24. The monoisotopic (exact) mass is 405 g/mol. The Bertz CT molecular complexity index is 926. The molecule has 7 heteroatoms. The largest absolute Gasteiger partial charge is 0.494 e. The molecule has 144 valence electrons. The molecule has 0 radical (unpaired) electrons. The lowest BCUT2D eigenvalue weighted by Crippen LogP contribution is -2.37. The third-order valence-corrected chi connectivity index (χ3v) is 5.26. The van der Waals surface area contributed by atoms with Crippen molar-refractivity contribution in [2.75, 3.05) is 39.2 Å². The van der Waals surface area contributed by atoms with E-state index in [2.05, 4.69) is 4.90 Å². The molecule has 0 N–H and O–H groups in total. The molecule has 0 fully saturated rings. The lowest BCUT2D eigenvalue weighted by atomic mass is 10.1. The van der Waals surface area contributed by atoms with Gasteiger partial charge in [0, 0.05) is 18.7 Å². The third kappa shape index (κ3) is 4.58. The summed E-state index contributed by atoms with van der Waals surface area (Å²) in [6, 6.07) is 13.5. The standard InChI is InChI=1S/C20H23N3O2S.ClH/c1-14-8-5-6-9-15(14)19(24)23(13-12-22(2)3)20-21-18-16(25-4)10-7-11-17(18)26-20;/h5-11H,12-13H2,1-4H3;1H. The normalized spacial score (nSPS) is 10.7. The smallest absolute Gasteiger partial charge is 0.260 e. The first-order valence-electron chi connectivity index (χ1n) is 8.47. The number of fused-ring (bicyclic) bond motifs is 1. The first-order chi connectivity index (χ1) is 12.5. The summed E-state index contributed by atoms with van der Waals surface area (Å²) in [6.45, 7) is 3.28. The Morgan fingerprint density at radius 2 is 1.85 bits per heavy atom. The first kappa shape index (κ1) is 21.2. The fourth-order valence-electron chi connectivity index (χ4n) is 2.73. The van der Waals surface area contributed by atoms with Crippen molar-refractivity contribution in [1.82, 2.24) is 9.88 Å². The Morgan fingerprint density at radius 1 is 1.11 bits per heavy atom. The second-order valence-electron chi connectivity index (χ2n) is 6.38. The van der Waals surface area contributed by atoms with Gasteiger partial charge in [-0.15, -0.1) is 12.4 Å². The fourth-order valence-corrected chi connectivity index (χ4v) is 3.74. The van der Waals surface area contributed by atoms with Crippen molar-refractivity contribution in [3.63, 3.8) is 0 Å². The van der Waals surface area contributed by atoms with Crippen LogP contribution < -0.4 is 9.64 Å². The number of hydrogen-bond donors (Lipinski definition) is 0. The average molecular weight is 406 g/mol. The number of anilines is 1. The summed E-state index contributed by atoms with van der Waals surface area (Å²) in [7, 11) is 5.63. The molecule has 0 saturated heterocycles. The molecule has 0 bridgehead atoms. The lowest BCUT2D eigenvalue weighted by molar-refractivity contribution is 0.0984. The van der Waals surface area contributed by atoms with Crippen LogP contribution >= 0.6 is 23.7 Å². The van der Waals surface area contributed by atoms with E-state index in [0.717, 1.165) is 28.1 Å². The van der Waals surface area contributed by atoms with E-state index in [-0.39, 0.29) is 18.3 Å². The molecular formula is C20H24ClN3O2S. The number of ether oxygens (including phenoxy) is 1. The van der Waals surface area contributed by atoms with Gasteiger partial charge in [-0.25, -0.2) is 4.98 Å². The number of para-hydroxylation sites is 1. The van der Waals surface area contributed by atoms with E-state index < -0.39 is 0 Å². The van der Waals surface area contributed by atoms with Gasteiger partial charge >= 0.3 is 0 Å². The van der Waals surface area contributed by atoms with Crippen molar-refractivity contribution in [2.24, 2.45) is 0 Å². The van der Waals surface area contributed by atoms with Crippen molar-refractivity contribution in [3.05, 3.63) is 53.6 Å². The van der Waals surface area contributed by atoms with Gasteiger partial charge in [0.1, 0.15) is 11.3 Å². The number of amides is 1. The Hall–Kier alpha value is -2.15. The molecule has 1 heterocycles. The van der Waals surface area contributed by atoms with Crippen LogP contribution in [0.2, 0.25) is 0 Å². The van der Waals surface area contributed by atoms with Gasteiger partial charge in [-0.1, -0.05) is 35.6 Å². The van der Waals surface area contributed by atoms with Crippen LogP contribution in [0, 0.1) is 6.92 Å². The number of nitrogens with zero attached hydrogens (tertiary/aromatic N) is 3. The minimum Gasteiger partial charge on any atom is -0.494 e. The fraction of sp³-hybridized carbons (Fsp3) is 0.300. The quantitative estimate of drug-likeness (QED) is 0.615. The molecule has 5 nitrogen and oxygen atoms in total. The summed E-state index contributed by atoms with van der Waals surface area (Å²) < 4.78 is 6.42. The molecule has 0 unspecified atom stereocenters. The molecule has 0 saturated carbocycles. The van der Waals surface area contributed by atoms with Crippen molar-refractivity contribution >= 4 is 45.0 Å². The van der Waals surface area contributed by atoms with E-state index in [1.54, 1.807) is 12.0 Å². The van der Waals surface area contributed by atoms with Crippen LogP contribution in [-0.4, -0.2) is 50.1 Å².